The Morgan fingerprint density at radius 3 is 2.18 bits per heavy atom. The quantitative estimate of drug-likeness (QED) is 0.558. The molecule has 0 aliphatic heterocycles. The first-order valence-corrected chi connectivity index (χ1v) is 3.32. The lowest BCUT2D eigenvalue weighted by Gasteiger charge is -2.08. The van der Waals surface area contributed by atoms with E-state index in [0.717, 1.165) is 0 Å². The Kier molecular flexibility index (Phi) is 7.55. The molecule has 0 heterocycles. The van der Waals surface area contributed by atoms with Gasteiger partial charge in [-0.1, -0.05) is 0 Å². The Morgan fingerprint density at radius 2 is 2.09 bits per heavy atom. The Bertz CT molecular complexity index is 153. The molecule has 0 aliphatic carbocycles. The van der Waals surface area contributed by atoms with Crippen molar-refractivity contribution >= 4 is 36.9 Å². The van der Waals surface area contributed by atoms with E-state index in [1.807, 2.05) is 0 Å². The molecule has 1 atom stereocenters. The van der Waals surface area contributed by atoms with Gasteiger partial charge in [0.15, 0.2) is 0 Å². The number of nitrogens with one attached hydrogen (secondary N) is 1. The summed E-state index contributed by atoms with van der Waals surface area (Å²) in [7, 11) is 0. The second-order valence-electron chi connectivity index (χ2n) is 1.77. The van der Waals surface area contributed by atoms with Gasteiger partial charge in [0.05, 0.1) is 0 Å². The van der Waals surface area contributed by atoms with Crippen molar-refractivity contribution in [3.8, 4) is 0 Å². The number of hydrogen-bond donors (Lipinski definition) is 3. The first kappa shape index (κ1) is 13.2. The molecule has 0 fully saturated rings. The van der Waals surface area contributed by atoms with E-state index in [2.05, 4.69) is 17.9 Å². The minimum atomic E-state index is -1.06. The van der Waals surface area contributed by atoms with Crippen LogP contribution in [0, 0.1) is 0 Å². The van der Waals surface area contributed by atoms with Crippen molar-refractivity contribution in [2.24, 2.45) is 0 Å². The van der Waals surface area contributed by atoms with Crippen LogP contribution in [0.5, 0.6) is 0 Å². The van der Waals surface area contributed by atoms with Crippen LogP contribution in [0.2, 0.25) is 0 Å². The van der Waals surface area contributed by atoms with E-state index in [4.69, 9.17) is 5.11 Å². The molecule has 66 valence electrons. The van der Waals surface area contributed by atoms with E-state index in [-0.39, 0.29) is 24.1 Å². The monoisotopic (exact) mass is 199 g/mol. The largest absolute Gasteiger partial charge is 0.480 e. The highest BCUT2D eigenvalue weighted by atomic mass is 35.5. The van der Waals surface area contributed by atoms with E-state index in [0.29, 0.717) is 0 Å². The van der Waals surface area contributed by atoms with Crippen LogP contribution in [0.15, 0.2) is 0 Å². The Balaban J connectivity index is 0. The molecule has 0 bridgehead atoms. The van der Waals surface area contributed by atoms with Gasteiger partial charge in [-0.05, 0) is 0 Å². The van der Waals surface area contributed by atoms with Crippen LogP contribution in [0.4, 0.5) is 0 Å². The van der Waals surface area contributed by atoms with Crippen molar-refractivity contribution in [2.45, 2.75) is 13.0 Å². The molecule has 6 heteroatoms. The fraction of sp³-hybridized carbons (Fsp3) is 0.600. The molecule has 0 spiro atoms. The molecule has 11 heavy (non-hydrogen) atoms. The third kappa shape index (κ3) is 6.00. The first-order valence-electron chi connectivity index (χ1n) is 2.68. The maximum atomic E-state index is 10.3. The Hall–Kier alpha value is -0.420. The fourth-order valence-electron chi connectivity index (χ4n) is 0.431. The number of hydrogen-bond acceptors (Lipinski definition) is 3. The number of aliphatic carboxylic acids is 1. The molecular weight excluding hydrogens is 190 g/mol. The van der Waals surface area contributed by atoms with Crippen molar-refractivity contribution < 1.29 is 14.7 Å². The number of rotatable bonds is 3. The molecular formula is C5H10ClNO3S. The topological polar surface area (TPSA) is 66.4 Å². The zero-order valence-corrected chi connectivity index (χ0v) is 7.61. The Labute approximate surface area is 76.2 Å². The molecule has 1 amide bonds. The van der Waals surface area contributed by atoms with Gasteiger partial charge in [0.25, 0.3) is 0 Å². The van der Waals surface area contributed by atoms with Gasteiger partial charge in [0.1, 0.15) is 6.04 Å². The number of halogens is 1. The van der Waals surface area contributed by atoms with Crippen molar-refractivity contribution in [1.82, 2.24) is 5.32 Å². The smallest absolute Gasteiger partial charge is 0.327 e. The first-order chi connectivity index (χ1) is 4.57. The summed E-state index contributed by atoms with van der Waals surface area (Å²) in [4.78, 5) is 20.5. The van der Waals surface area contributed by atoms with Gasteiger partial charge in [-0.25, -0.2) is 4.79 Å². The van der Waals surface area contributed by atoms with Crippen molar-refractivity contribution in [3.63, 3.8) is 0 Å². The van der Waals surface area contributed by atoms with Crippen molar-refractivity contribution in [1.29, 1.82) is 0 Å². The molecule has 0 unspecified atom stereocenters. The van der Waals surface area contributed by atoms with E-state index in [9.17, 15) is 9.59 Å². The minimum Gasteiger partial charge on any atom is -0.480 e. The predicted molar refractivity (Wildman–Crippen MR) is 46.3 cm³/mol. The summed E-state index contributed by atoms with van der Waals surface area (Å²) in [6.07, 6.45) is 0. The molecule has 0 aromatic rings. The highest BCUT2D eigenvalue weighted by molar-refractivity contribution is 7.80. The zero-order chi connectivity index (χ0) is 8.15. The average molecular weight is 200 g/mol. The van der Waals surface area contributed by atoms with E-state index >= 15 is 0 Å². The second kappa shape index (κ2) is 6.30. The lowest BCUT2D eigenvalue weighted by atomic mass is 10.3. The van der Waals surface area contributed by atoms with E-state index in [1.54, 1.807) is 0 Å². The number of carboxylic acid groups (broad SMARTS) is 1. The molecule has 2 N–H and O–H groups in total. The van der Waals surface area contributed by atoms with E-state index < -0.39 is 12.0 Å². The van der Waals surface area contributed by atoms with Gasteiger partial charge in [-0.2, -0.15) is 12.6 Å². The average Bonchev–Trinajstić information content (AvgIpc) is 1.81. The Morgan fingerprint density at radius 1 is 1.64 bits per heavy atom. The minimum absolute atomic E-state index is 0. The number of carbonyl (C=O) groups is 2. The molecule has 0 rings (SSSR count). The lowest BCUT2D eigenvalue weighted by Crippen LogP contribution is -2.40. The van der Waals surface area contributed by atoms with Crippen molar-refractivity contribution in [3.05, 3.63) is 0 Å². The summed E-state index contributed by atoms with van der Waals surface area (Å²) < 4.78 is 0. The zero-order valence-electron chi connectivity index (χ0n) is 5.90. The molecule has 4 nitrogen and oxygen atoms in total. The van der Waals surface area contributed by atoms with Gasteiger partial charge in [0, 0.05) is 12.7 Å². The number of carboxylic acids is 1. The van der Waals surface area contributed by atoms with Crippen LogP contribution < -0.4 is 5.32 Å². The van der Waals surface area contributed by atoms with Crippen LogP contribution in [0.1, 0.15) is 6.92 Å². The molecule has 0 saturated carbocycles. The number of amides is 1. The fourth-order valence-corrected chi connectivity index (χ4v) is 0.678. The molecule has 0 saturated heterocycles. The van der Waals surface area contributed by atoms with Crippen LogP contribution >= 0.6 is 25.0 Å². The highest BCUT2D eigenvalue weighted by Gasteiger charge is 2.14. The van der Waals surface area contributed by atoms with Crippen molar-refractivity contribution in [2.75, 3.05) is 5.75 Å². The van der Waals surface area contributed by atoms with Gasteiger partial charge in [-0.3, -0.25) is 4.79 Å². The summed E-state index contributed by atoms with van der Waals surface area (Å²) >= 11 is 3.73. The third-order valence-corrected chi connectivity index (χ3v) is 1.22. The third-order valence-electron chi connectivity index (χ3n) is 0.858. The highest BCUT2D eigenvalue weighted by Crippen LogP contribution is 1.86. The maximum absolute atomic E-state index is 10.3. The molecule has 0 aromatic heterocycles. The molecule has 0 aliphatic rings. The summed E-state index contributed by atoms with van der Waals surface area (Å²) in [5.74, 6) is -1.32. The molecule has 0 aromatic carbocycles. The lowest BCUT2D eigenvalue weighted by molar-refractivity contribution is -0.140. The normalized spacial score (nSPS) is 11.1. The summed E-state index contributed by atoms with van der Waals surface area (Å²) in [5, 5.41) is 10.6. The summed E-state index contributed by atoms with van der Waals surface area (Å²) in [6.45, 7) is 1.26. The maximum Gasteiger partial charge on any atom is 0.327 e. The second-order valence-corrected chi connectivity index (χ2v) is 2.14. The van der Waals surface area contributed by atoms with Crippen LogP contribution in [0.3, 0.4) is 0 Å². The van der Waals surface area contributed by atoms with E-state index in [1.165, 1.54) is 6.92 Å². The van der Waals surface area contributed by atoms with Gasteiger partial charge in [0.2, 0.25) is 5.91 Å². The van der Waals surface area contributed by atoms with Crippen LogP contribution in [-0.4, -0.2) is 28.8 Å². The summed E-state index contributed by atoms with van der Waals surface area (Å²) in [5.41, 5.74) is 0. The van der Waals surface area contributed by atoms with Crippen LogP contribution in [0.25, 0.3) is 0 Å². The van der Waals surface area contributed by atoms with Gasteiger partial charge < -0.3 is 10.4 Å². The summed E-state index contributed by atoms with van der Waals surface area (Å²) in [6, 6.07) is -0.874. The molecule has 0 radical (unpaired) electrons. The van der Waals surface area contributed by atoms with Crippen LogP contribution in [-0.2, 0) is 9.59 Å². The predicted octanol–water partition coefficient (Wildman–Crippen LogP) is -0.0727. The SMILES string of the molecule is CC(=O)N[C@H](CS)C(=O)O.Cl. The number of thiol groups is 1. The van der Waals surface area contributed by atoms with Gasteiger partial charge in [-0.15, -0.1) is 12.4 Å². The standard InChI is InChI=1S/C5H9NO3S.ClH/c1-3(7)6-4(2-10)5(8)9;/h4,10H,2H2,1H3,(H,6,7)(H,8,9);1H/t4-;/m1./s1. The number of carbonyl (C=O) groups excluding carboxylic acids is 1. The van der Waals surface area contributed by atoms with Gasteiger partial charge >= 0.3 is 5.97 Å².